The molecule has 1 N–H and O–H groups in total. The van der Waals surface area contributed by atoms with Gasteiger partial charge in [0.2, 0.25) is 5.91 Å². The summed E-state index contributed by atoms with van der Waals surface area (Å²) in [6, 6.07) is 13.5. The van der Waals surface area contributed by atoms with Crippen molar-refractivity contribution in [2.24, 2.45) is 0 Å². The second kappa shape index (κ2) is 8.44. The molecule has 0 radical (unpaired) electrons. The largest absolute Gasteiger partial charge is 0.348 e. The summed E-state index contributed by atoms with van der Waals surface area (Å²) in [6.45, 7) is 6.29. The van der Waals surface area contributed by atoms with E-state index < -0.39 is 0 Å². The van der Waals surface area contributed by atoms with Crippen LogP contribution >= 0.6 is 0 Å². The number of rotatable bonds is 7. The Bertz CT molecular complexity index is 1150. The van der Waals surface area contributed by atoms with E-state index in [0.717, 1.165) is 12.0 Å². The summed E-state index contributed by atoms with van der Waals surface area (Å²) >= 11 is 0. The number of nitrogens with zero attached hydrogens (tertiary/aromatic N) is 5. The molecule has 0 aliphatic heterocycles. The van der Waals surface area contributed by atoms with Crippen molar-refractivity contribution in [1.82, 2.24) is 30.1 Å². The maximum absolute atomic E-state index is 12.8. The van der Waals surface area contributed by atoms with Crippen LogP contribution in [0.3, 0.4) is 0 Å². The number of pyridine rings is 1. The number of hydrogen-bond acceptors (Lipinski definition) is 6. The Hall–Kier alpha value is -3.55. The molecule has 0 fully saturated rings. The maximum atomic E-state index is 12.8. The molecule has 0 aliphatic carbocycles. The van der Waals surface area contributed by atoms with Crippen LogP contribution in [0.2, 0.25) is 0 Å². The second-order valence-corrected chi connectivity index (χ2v) is 7.43. The summed E-state index contributed by atoms with van der Waals surface area (Å²) < 4.78 is 7.24. The van der Waals surface area contributed by atoms with Crippen LogP contribution in [0.15, 0.2) is 53.2 Å². The van der Waals surface area contributed by atoms with Crippen molar-refractivity contribution in [3.05, 3.63) is 65.9 Å². The van der Waals surface area contributed by atoms with E-state index in [9.17, 15) is 4.79 Å². The van der Waals surface area contributed by atoms with E-state index >= 15 is 0 Å². The van der Waals surface area contributed by atoms with Crippen molar-refractivity contribution in [1.29, 1.82) is 0 Å². The van der Waals surface area contributed by atoms with Gasteiger partial charge < -0.3 is 9.84 Å². The van der Waals surface area contributed by atoms with Crippen molar-refractivity contribution in [2.45, 2.75) is 45.6 Å². The molecule has 0 aliphatic rings. The lowest BCUT2D eigenvalue weighted by molar-refractivity contribution is -0.122. The molecule has 1 amide bonds. The van der Waals surface area contributed by atoms with E-state index in [-0.39, 0.29) is 24.3 Å². The van der Waals surface area contributed by atoms with Gasteiger partial charge in [0.15, 0.2) is 17.3 Å². The van der Waals surface area contributed by atoms with Gasteiger partial charge in [-0.2, -0.15) is 4.98 Å². The number of aromatic nitrogens is 5. The summed E-state index contributed by atoms with van der Waals surface area (Å²) in [5.74, 6) is 1.62. The Morgan fingerprint density at radius 2 is 1.93 bits per heavy atom. The van der Waals surface area contributed by atoms with Gasteiger partial charge in [-0.3, -0.25) is 9.20 Å². The van der Waals surface area contributed by atoms with E-state index in [1.165, 1.54) is 0 Å². The predicted octanol–water partition coefficient (Wildman–Crippen LogP) is 3.71. The first-order valence-corrected chi connectivity index (χ1v) is 10.1. The van der Waals surface area contributed by atoms with E-state index in [1.807, 2.05) is 73.8 Å². The van der Waals surface area contributed by atoms with Gasteiger partial charge in [0.25, 0.3) is 5.89 Å². The highest BCUT2D eigenvalue weighted by Crippen LogP contribution is 2.24. The number of amides is 1. The van der Waals surface area contributed by atoms with Gasteiger partial charge >= 0.3 is 0 Å². The van der Waals surface area contributed by atoms with E-state index in [4.69, 9.17) is 4.52 Å². The Morgan fingerprint density at radius 1 is 1.13 bits per heavy atom. The molecule has 1 aromatic carbocycles. The van der Waals surface area contributed by atoms with E-state index in [1.54, 1.807) is 0 Å². The first kappa shape index (κ1) is 19.8. The van der Waals surface area contributed by atoms with Gasteiger partial charge in [-0.1, -0.05) is 56.3 Å². The highest BCUT2D eigenvalue weighted by molar-refractivity contribution is 5.83. The monoisotopic (exact) mass is 404 g/mol. The average molecular weight is 404 g/mol. The quantitative estimate of drug-likeness (QED) is 0.504. The van der Waals surface area contributed by atoms with Crippen LogP contribution in [0.1, 0.15) is 56.2 Å². The van der Waals surface area contributed by atoms with Gasteiger partial charge in [0, 0.05) is 12.1 Å². The van der Waals surface area contributed by atoms with Crippen LogP contribution in [0.4, 0.5) is 0 Å². The molecular weight excluding hydrogens is 380 g/mol. The van der Waals surface area contributed by atoms with Crippen molar-refractivity contribution in [2.75, 3.05) is 0 Å². The number of nitrogens with one attached hydrogen (secondary N) is 1. The summed E-state index contributed by atoms with van der Waals surface area (Å²) in [7, 11) is 0. The minimum atomic E-state index is -0.200. The number of fused-ring (bicyclic) bond motifs is 1. The van der Waals surface area contributed by atoms with Crippen LogP contribution in [-0.4, -0.2) is 30.6 Å². The lowest BCUT2D eigenvalue weighted by Crippen LogP contribution is -2.29. The summed E-state index contributed by atoms with van der Waals surface area (Å²) in [5.41, 5.74) is 2.32. The van der Waals surface area contributed by atoms with E-state index in [0.29, 0.717) is 28.8 Å². The highest BCUT2D eigenvalue weighted by atomic mass is 16.5. The highest BCUT2D eigenvalue weighted by Gasteiger charge is 2.20. The molecule has 8 nitrogen and oxygen atoms in total. The molecule has 0 saturated carbocycles. The minimum absolute atomic E-state index is 0.0323. The molecule has 3 aromatic heterocycles. The zero-order valence-corrected chi connectivity index (χ0v) is 17.2. The number of carbonyl (C=O) groups excluding carboxylic acids is 1. The molecule has 8 heteroatoms. The maximum Gasteiger partial charge on any atom is 0.261 e. The summed E-state index contributed by atoms with van der Waals surface area (Å²) in [5, 5.41) is 15.6. The van der Waals surface area contributed by atoms with Crippen LogP contribution < -0.4 is 5.32 Å². The van der Waals surface area contributed by atoms with Crippen molar-refractivity contribution in [3.8, 4) is 11.5 Å². The lowest BCUT2D eigenvalue weighted by atomic mass is 9.96. The zero-order valence-electron chi connectivity index (χ0n) is 17.2. The van der Waals surface area contributed by atoms with Crippen LogP contribution in [0, 0.1) is 0 Å². The second-order valence-electron chi connectivity index (χ2n) is 7.43. The normalized spacial score (nSPS) is 12.4. The third-order valence-electron chi connectivity index (χ3n) is 5.04. The van der Waals surface area contributed by atoms with Crippen LogP contribution in [-0.2, 0) is 11.3 Å². The Kier molecular flexibility index (Phi) is 5.56. The Labute approximate surface area is 174 Å². The molecule has 0 unspecified atom stereocenters. The van der Waals surface area contributed by atoms with Gasteiger partial charge in [-0.15, -0.1) is 10.2 Å². The molecule has 1 atom stereocenters. The molecule has 154 valence electrons. The fraction of sp³-hybridized carbons (Fsp3) is 0.318. The van der Waals surface area contributed by atoms with Crippen molar-refractivity contribution < 1.29 is 9.32 Å². The average Bonchev–Trinajstić information content (AvgIpc) is 3.41. The van der Waals surface area contributed by atoms with Gasteiger partial charge in [-0.25, -0.2) is 0 Å². The first-order chi connectivity index (χ1) is 14.6. The predicted molar refractivity (Wildman–Crippen MR) is 112 cm³/mol. The van der Waals surface area contributed by atoms with E-state index in [2.05, 4.69) is 25.7 Å². The van der Waals surface area contributed by atoms with Gasteiger partial charge in [0.1, 0.15) is 0 Å². The number of hydrogen-bond donors (Lipinski definition) is 1. The topological polar surface area (TPSA) is 98.2 Å². The van der Waals surface area contributed by atoms with Crippen molar-refractivity contribution in [3.63, 3.8) is 0 Å². The Balaban J connectivity index is 1.55. The molecular formula is C22H24N6O2. The molecule has 0 bridgehead atoms. The SMILES string of the molecule is CC[C@@H](C(=O)NCc1nnc2c(-c3nc(C(C)C)no3)cccn12)c1ccccc1. The molecule has 0 spiro atoms. The minimum Gasteiger partial charge on any atom is -0.348 e. The first-order valence-electron chi connectivity index (χ1n) is 10.1. The van der Waals surface area contributed by atoms with Gasteiger partial charge in [-0.05, 0) is 24.1 Å². The number of carbonyl (C=O) groups is 1. The van der Waals surface area contributed by atoms with Crippen LogP contribution in [0.25, 0.3) is 17.1 Å². The molecule has 4 aromatic rings. The summed E-state index contributed by atoms with van der Waals surface area (Å²) in [6.07, 6.45) is 2.57. The third-order valence-corrected chi connectivity index (χ3v) is 5.04. The molecule has 3 heterocycles. The van der Waals surface area contributed by atoms with Gasteiger partial charge in [0.05, 0.1) is 18.0 Å². The fourth-order valence-electron chi connectivity index (χ4n) is 3.38. The van der Waals surface area contributed by atoms with Crippen molar-refractivity contribution >= 4 is 11.6 Å². The van der Waals surface area contributed by atoms with Crippen LogP contribution in [0.5, 0.6) is 0 Å². The zero-order chi connectivity index (χ0) is 21.1. The standard InChI is InChI=1S/C22H24N6O2/c1-4-16(15-9-6-5-7-10-15)21(29)23-13-18-25-26-20-17(11-8-12-28(18)20)22-24-19(14(2)3)27-30-22/h5-12,14,16H,4,13H2,1-3H3,(H,23,29)/t16-/m1/s1. The Morgan fingerprint density at radius 3 is 2.63 bits per heavy atom. The molecule has 0 saturated heterocycles. The number of benzene rings is 1. The molecule has 4 rings (SSSR count). The smallest absolute Gasteiger partial charge is 0.261 e. The summed E-state index contributed by atoms with van der Waals surface area (Å²) in [4.78, 5) is 17.2. The molecule has 30 heavy (non-hydrogen) atoms. The lowest BCUT2D eigenvalue weighted by Gasteiger charge is -2.15. The fourth-order valence-corrected chi connectivity index (χ4v) is 3.38. The third kappa shape index (κ3) is 3.80.